The molecule has 1 aromatic carbocycles. The van der Waals surface area contributed by atoms with Gasteiger partial charge in [0.15, 0.2) is 0 Å². The number of para-hydroxylation sites is 1. The first-order valence-electron chi connectivity index (χ1n) is 6.63. The molecule has 17 heavy (non-hydrogen) atoms. The minimum Gasteiger partial charge on any atom is -0.370 e. The molecule has 1 aliphatic rings. The highest BCUT2D eigenvalue weighted by Crippen LogP contribution is 2.28. The molecule has 0 amide bonds. The molecule has 1 aromatic rings. The van der Waals surface area contributed by atoms with Crippen molar-refractivity contribution in [2.75, 3.05) is 18.0 Å². The number of hydrogen-bond acceptors (Lipinski definition) is 2. The second kappa shape index (κ2) is 5.35. The zero-order chi connectivity index (χ0) is 12.3. The highest BCUT2D eigenvalue weighted by Gasteiger charge is 2.20. The van der Waals surface area contributed by atoms with E-state index in [1.807, 2.05) is 0 Å². The largest absolute Gasteiger partial charge is 0.370 e. The average Bonchev–Trinajstić information content (AvgIpc) is 2.38. The summed E-state index contributed by atoms with van der Waals surface area (Å²) in [4.78, 5) is 13.7. The number of hydrogen-bond donors (Lipinski definition) is 0. The number of Topliss-reactive ketones (excluding diaryl/α,β-unsaturated/α-hetero) is 1. The minimum absolute atomic E-state index is 0.410. The molecule has 0 bridgehead atoms. The molecule has 0 atom stereocenters. The van der Waals surface area contributed by atoms with Gasteiger partial charge in [-0.2, -0.15) is 0 Å². The number of ketones is 1. The Kier molecular flexibility index (Phi) is 3.82. The van der Waals surface area contributed by atoms with Crippen molar-refractivity contribution in [3.05, 3.63) is 29.3 Å². The van der Waals surface area contributed by atoms with Crippen molar-refractivity contribution in [2.45, 2.75) is 39.5 Å². The van der Waals surface area contributed by atoms with Gasteiger partial charge in [0.1, 0.15) is 5.78 Å². The number of aryl methyl sites for hydroxylation is 2. The van der Waals surface area contributed by atoms with Gasteiger partial charge in [-0.3, -0.25) is 4.79 Å². The third-order valence-electron chi connectivity index (χ3n) is 3.60. The first-order valence-corrected chi connectivity index (χ1v) is 6.63. The third kappa shape index (κ3) is 2.51. The fraction of sp³-hybridized carbons (Fsp3) is 0.533. The average molecular weight is 231 g/mol. The molecule has 2 heteroatoms. The highest BCUT2D eigenvalue weighted by molar-refractivity contribution is 5.81. The number of carbonyl (C=O) groups is 1. The van der Waals surface area contributed by atoms with Gasteiger partial charge in [0.05, 0.1) is 0 Å². The van der Waals surface area contributed by atoms with Gasteiger partial charge in [-0.15, -0.1) is 0 Å². The van der Waals surface area contributed by atoms with Crippen molar-refractivity contribution in [3.63, 3.8) is 0 Å². The van der Waals surface area contributed by atoms with E-state index in [0.29, 0.717) is 18.6 Å². The van der Waals surface area contributed by atoms with Crippen LogP contribution in [0.4, 0.5) is 5.69 Å². The Morgan fingerprint density at radius 2 is 1.59 bits per heavy atom. The van der Waals surface area contributed by atoms with E-state index in [1.54, 1.807) is 0 Å². The van der Waals surface area contributed by atoms with Crippen LogP contribution in [0.3, 0.4) is 0 Å². The van der Waals surface area contributed by atoms with Crippen LogP contribution in [0.1, 0.15) is 37.8 Å². The number of piperidine rings is 1. The predicted molar refractivity (Wildman–Crippen MR) is 71.7 cm³/mol. The molecule has 1 fully saturated rings. The van der Waals surface area contributed by atoms with Crippen LogP contribution in [0.15, 0.2) is 18.2 Å². The van der Waals surface area contributed by atoms with Gasteiger partial charge in [0, 0.05) is 31.6 Å². The zero-order valence-electron chi connectivity index (χ0n) is 10.8. The fourth-order valence-electron chi connectivity index (χ4n) is 2.60. The first kappa shape index (κ1) is 12.2. The Morgan fingerprint density at radius 3 is 2.06 bits per heavy atom. The molecule has 0 N–H and O–H groups in total. The van der Waals surface area contributed by atoms with E-state index in [9.17, 15) is 4.79 Å². The van der Waals surface area contributed by atoms with Gasteiger partial charge in [-0.05, 0) is 24.0 Å². The van der Waals surface area contributed by atoms with Crippen molar-refractivity contribution in [1.82, 2.24) is 0 Å². The summed E-state index contributed by atoms with van der Waals surface area (Å²) in [6, 6.07) is 6.58. The van der Waals surface area contributed by atoms with Crippen LogP contribution in [0, 0.1) is 0 Å². The Balaban J connectivity index is 2.32. The van der Waals surface area contributed by atoms with E-state index in [1.165, 1.54) is 16.8 Å². The SMILES string of the molecule is CCc1cccc(CC)c1N1CCC(=O)CC1. The number of anilines is 1. The molecule has 0 aliphatic carbocycles. The highest BCUT2D eigenvalue weighted by atomic mass is 16.1. The van der Waals surface area contributed by atoms with Crippen molar-refractivity contribution in [3.8, 4) is 0 Å². The van der Waals surface area contributed by atoms with E-state index < -0.39 is 0 Å². The number of carbonyl (C=O) groups excluding carboxylic acids is 1. The summed E-state index contributed by atoms with van der Waals surface area (Å²) in [5, 5.41) is 0. The Hall–Kier alpha value is -1.31. The molecule has 1 heterocycles. The molecular formula is C15H21NO. The van der Waals surface area contributed by atoms with Crippen molar-refractivity contribution in [2.24, 2.45) is 0 Å². The predicted octanol–water partition coefficient (Wildman–Crippen LogP) is 2.98. The zero-order valence-corrected chi connectivity index (χ0v) is 10.8. The number of rotatable bonds is 3. The normalized spacial score (nSPS) is 16.4. The van der Waals surface area contributed by atoms with Crippen LogP contribution < -0.4 is 4.90 Å². The monoisotopic (exact) mass is 231 g/mol. The van der Waals surface area contributed by atoms with Crippen LogP contribution in [-0.4, -0.2) is 18.9 Å². The summed E-state index contributed by atoms with van der Waals surface area (Å²) in [5.74, 6) is 0.410. The second-order valence-corrected chi connectivity index (χ2v) is 4.66. The van der Waals surface area contributed by atoms with E-state index in [2.05, 4.69) is 36.9 Å². The molecule has 2 rings (SSSR count). The molecule has 1 aliphatic heterocycles. The Bertz CT molecular complexity index is 379. The number of nitrogens with zero attached hydrogens (tertiary/aromatic N) is 1. The van der Waals surface area contributed by atoms with E-state index in [4.69, 9.17) is 0 Å². The van der Waals surface area contributed by atoms with Crippen LogP contribution in [-0.2, 0) is 17.6 Å². The fourth-order valence-corrected chi connectivity index (χ4v) is 2.60. The lowest BCUT2D eigenvalue weighted by atomic mass is 9.99. The molecule has 0 spiro atoms. The van der Waals surface area contributed by atoms with Crippen molar-refractivity contribution >= 4 is 11.5 Å². The summed E-state index contributed by atoms with van der Waals surface area (Å²) in [7, 11) is 0. The molecule has 92 valence electrons. The quantitative estimate of drug-likeness (QED) is 0.797. The van der Waals surface area contributed by atoms with Gasteiger partial charge in [-0.1, -0.05) is 32.0 Å². The summed E-state index contributed by atoms with van der Waals surface area (Å²) in [5.41, 5.74) is 4.22. The third-order valence-corrected chi connectivity index (χ3v) is 3.60. The van der Waals surface area contributed by atoms with Gasteiger partial charge < -0.3 is 4.90 Å². The lowest BCUT2D eigenvalue weighted by molar-refractivity contribution is -0.119. The van der Waals surface area contributed by atoms with Gasteiger partial charge in [0.2, 0.25) is 0 Å². The Labute approximate surface area is 104 Å². The molecular weight excluding hydrogens is 210 g/mol. The molecule has 2 nitrogen and oxygen atoms in total. The topological polar surface area (TPSA) is 20.3 Å². The van der Waals surface area contributed by atoms with Crippen LogP contribution in [0.25, 0.3) is 0 Å². The second-order valence-electron chi connectivity index (χ2n) is 4.66. The lowest BCUT2D eigenvalue weighted by Gasteiger charge is -2.32. The summed E-state index contributed by atoms with van der Waals surface area (Å²) in [6.07, 6.45) is 3.55. The maximum absolute atomic E-state index is 11.3. The van der Waals surface area contributed by atoms with Crippen LogP contribution >= 0.6 is 0 Å². The Morgan fingerprint density at radius 1 is 1.06 bits per heavy atom. The molecule has 0 saturated carbocycles. The lowest BCUT2D eigenvalue weighted by Crippen LogP contribution is -2.35. The standard InChI is InChI=1S/C15H21NO/c1-3-12-6-5-7-13(4-2)15(12)16-10-8-14(17)9-11-16/h5-7H,3-4,8-11H2,1-2H3. The van der Waals surface area contributed by atoms with E-state index >= 15 is 0 Å². The molecule has 0 unspecified atom stereocenters. The van der Waals surface area contributed by atoms with Gasteiger partial charge in [0.25, 0.3) is 0 Å². The summed E-state index contributed by atoms with van der Waals surface area (Å²) in [6.45, 7) is 6.19. The van der Waals surface area contributed by atoms with E-state index in [0.717, 1.165) is 25.9 Å². The van der Waals surface area contributed by atoms with Gasteiger partial charge >= 0.3 is 0 Å². The van der Waals surface area contributed by atoms with Crippen LogP contribution in [0.5, 0.6) is 0 Å². The van der Waals surface area contributed by atoms with Crippen molar-refractivity contribution < 1.29 is 4.79 Å². The maximum Gasteiger partial charge on any atom is 0.136 e. The molecule has 0 radical (unpaired) electrons. The summed E-state index contributed by atoms with van der Waals surface area (Å²) >= 11 is 0. The molecule has 0 aromatic heterocycles. The van der Waals surface area contributed by atoms with Gasteiger partial charge in [-0.25, -0.2) is 0 Å². The minimum atomic E-state index is 0.410. The first-order chi connectivity index (χ1) is 8.26. The van der Waals surface area contributed by atoms with E-state index in [-0.39, 0.29) is 0 Å². The smallest absolute Gasteiger partial charge is 0.136 e. The maximum atomic E-state index is 11.3. The molecule has 1 saturated heterocycles. The van der Waals surface area contributed by atoms with Crippen molar-refractivity contribution in [1.29, 1.82) is 0 Å². The summed E-state index contributed by atoms with van der Waals surface area (Å²) < 4.78 is 0. The number of benzene rings is 1. The van der Waals surface area contributed by atoms with Crippen LogP contribution in [0.2, 0.25) is 0 Å².